The van der Waals surface area contributed by atoms with Crippen molar-refractivity contribution in [3.8, 4) is 17.0 Å². The third kappa shape index (κ3) is 3.43. The fourth-order valence-corrected chi connectivity index (χ4v) is 3.05. The van der Waals surface area contributed by atoms with Crippen molar-refractivity contribution in [2.75, 3.05) is 5.32 Å². The van der Waals surface area contributed by atoms with Crippen LogP contribution < -0.4 is 5.32 Å². The molecule has 0 aliphatic rings. The normalized spacial score (nSPS) is 10.8. The molecule has 0 aliphatic heterocycles. The topological polar surface area (TPSA) is 104 Å². The Morgan fingerprint density at radius 2 is 2.17 bits per heavy atom. The maximum Gasteiger partial charge on any atom is 0.275 e. The first-order valence-corrected chi connectivity index (χ1v) is 8.37. The molecule has 124 valence electrons. The summed E-state index contributed by atoms with van der Waals surface area (Å²) in [6, 6.07) is 6.89. The van der Waals surface area contributed by atoms with E-state index in [4.69, 9.17) is 0 Å². The van der Waals surface area contributed by atoms with Gasteiger partial charge < -0.3 is 5.11 Å². The summed E-state index contributed by atoms with van der Waals surface area (Å²) in [5, 5.41) is 28.8. The molecule has 0 spiro atoms. The van der Waals surface area contributed by atoms with Crippen molar-refractivity contribution < 1.29 is 9.90 Å². The highest BCUT2D eigenvalue weighted by molar-refractivity contribution is 7.15. The van der Waals surface area contributed by atoms with Gasteiger partial charge in [0.05, 0.1) is 5.69 Å². The molecule has 8 heteroatoms. The van der Waals surface area contributed by atoms with Gasteiger partial charge in [-0.15, -0.1) is 10.2 Å². The number of benzene rings is 1. The molecule has 0 atom stereocenters. The molecule has 2 heterocycles. The third-order valence-corrected chi connectivity index (χ3v) is 4.30. The minimum Gasteiger partial charge on any atom is -0.507 e. The highest BCUT2D eigenvalue weighted by Gasteiger charge is 2.15. The van der Waals surface area contributed by atoms with Gasteiger partial charge in [-0.05, 0) is 37.1 Å². The number of phenolic OH excluding ortho intramolecular Hbond substituents is 1. The molecule has 24 heavy (non-hydrogen) atoms. The van der Waals surface area contributed by atoms with Gasteiger partial charge in [-0.1, -0.05) is 24.3 Å². The molecular formula is C16H17N5O2S. The fourth-order valence-electron chi connectivity index (χ4n) is 2.22. The van der Waals surface area contributed by atoms with E-state index in [-0.39, 0.29) is 17.4 Å². The zero-order valence-corrected chi connectivity index (χ0v) is 14.1. The van der Waals surface area contributed by atoms with Crippen LogP contribution in [0.2, 0.25) is 0 Å². The number of hydrogen-bond donors (Lipinski definition) is 3. The summed E-state index contributed by atoms with van der Waals surface area (Å²) in [5.74, 6) is -0.221. The number of rotatable bonds is 5. The van der Waals surface area contributed by atoms with Crippen LogP contribution in [0.1, 0.15) is 34.4 Å². The smallest absolute Gasteiger partial charge is 0.275 e. The molecule has 1 amide bonds. The summed E-state index contributed by atoms with van der Waals surface area (Å²) in [5.41, 5.74) is 2.31. The summed E-state index contributed by atoms with van der Waals surface area (Å²) >= 11 is 1.36. The summed E-state index contributed by atoms with van der Waals surface area (Å²) < 4.78 is 0. The van der Waals surface area contributed by atoms with Crippen molar-refractivity contribution in [3.05, 3.63) is 40.5 Å². The monoisotopic (exact) mass is 343 g/mol. The Morgan fingerprint density at radius 3 is 2.92 bits per heavy atom. The molecule has 7 nitrogen and oxygen atoms in total. The van der Waals surface area contributed by atoms with Crippen LogP contribution in [0.5, 0.6) is 5.75 Å². The van der Waals surface area contributed by atoms with Crippen LogP contribution in [0.4, 0.5) is 5.13 Å². The number of phenols is 1. The lowest BCUT2D eigenvalue weighted by atomic mass is 10.1. The van der Waals surface area contributed by atoms with Crippen molar-refractivity contribution in [2.24, 2.45) is 0 Å². The van der Waals surface area contributed by atoms with E-state index in [1.807, 2.05) is 13.0 Å². The molecule has 0 bridgehead atoms. The summed E-state index contributed by atoms with van der Waals surface area (Å²) in [4.78, 5) is 12.3. The van der Waals surface area contributed by atoms with Crippen LogP contribution in [0.25, 0.3) is 11.3 Å². The van der Waals surface area contributed by atoms with E-state index in [9.17, 15) is 9.90 Å². The van der Waals surface area contributed by atoms with E-state index in [2.05, 4.69) is 32.6 Å². The first-order chi connectivity index (χ1) is 11.6. The average Bonchev–Trinajstić information content (AvgIpc) is 3.17. The van der Waals surface area contributed by atoms with Crippen LogP contribution in [-0.4, -0.2) is 31.4 Å². The lowest BCUT2D eigenvalue weighted by molar-refractivity contribution is 0.102. The highest BCUT2D eigenvalue weighted by atomic mass is 32.1. The molecule has 0 saturated heterocycles. The van der Waals surface area contributed by atoms with E-state index >= 15 is 0 Å². The zero-order valence-electron chi connectivity index (χ0n) is 13.3. The van der Waals surface area contributed by atoms with Crippen molar-refractivity contribution in [3.63, 3.8) is 0 Å². The number of nitrogens with zero attached hydrogens (tertiary/aromatic N) is 3. The summed E-state index contributed by atoms with van der Waals surface area (Å²) in [6.45, 7) is 3.95. The Hall–Kier alpha value is -2.74. The molecule has 0 radical (unpaired) electrons. The van der Waals surface area contributed by atoms with Crippen molar-refractivity contribution in [2.45, 2.75) is 26.7 Å². The van der Waals surface area contributed by atoms with E-state index in [1.54, 1.807) is 18.2 Å². The van der Waals surface area contributed by atoms with Crippen molar-refractivity contribution in [1.29, 1.82) is 0 Å². The molecule has 1 aromatic carbocycles. The highest BCUT2D eigenvalue weighted by Crippen LogP contribution is 2.29. The molecule has 0 saturated carbocycles. The maximum absolute atomic E-state index is 12.3. The number of nitrogens with one attached hydrogen (secondary N) is 2. The molecule has 0 aliphatic carbocycles. The minimum atomic E-state index is -0.348. The van der Waals surface area contributed by atoms with Crippen LogP contribution in [-0.2, 0) is 6.42 Å². The molecule has 3 aromatic rings. The first-order valence-electron chi connectivity index (χ1n) is 7.56. The lowest BCUT2D eigenvalue weighted by Crippen LogP contribution is -2.12. The minimum absolute atomic E-state index is 0.127. The van der Waals surface area contributed by atoms with Crippen LogP contribution in [0.15, 0.2) is 24.3 Å². The van der Waals surface area contributed by atoms with Gasteiger partial charge in [0.1, 0.15) is 16.5 Å². The van der Waals surface area contributed by atoms with Crippen LogP contribution in [0, 0.1) is 6.92 Å². The maximum atomic E-state index is 12.3. The number of amides is 1. The predicted molar refractivity (Wildman–Crippen MR) is 92.3 cm³/mol. The number of hydrogen-bond acceptors (Lipinski definition) is 6. The Balaban J connectivity index is 1.75. The molecule has 0 unspecified atom stereocenters. The van der Waals surface area contributed by atoms with E-state index in [0.717, 1.165) is 23.4 Å². The number of H-pyrrole nitrogens is 1. The van der Waals surface area contributed by atoms with Gasteiger partial charge >= 0.3 is 0 Å². The van der Waals surface area contributed by atoms with Crippen molar-refractivity contribution >= 4 is 22.4 Å². The number of aromatic hydroxyl groups is 1. The Kier molecular flexibility index (Phi) is 4.57. The van der Waals surface area contributed by atoms with Gasteiger partial charge in [-0.2, -0.15) is 5.10 Å². The third-order valence-electron chi connectivity index (χ3n) is 3.40. The standard InChI is InChI=1S/C16H17N5O2S/c1-3-4-14-20-21-16(24-14)17-15(23)12-8-11(18-19-12)10-6-5-9(2)7-13(10)22/h5-8,22H,3-4H2,1-2H3,(H,18,19)(H,17,21,23). The number of anilines is 1. The molecule has 3 rings (SSSR count). The van der Waals surface area contributed by atoms with Crippen molar-refractivity contribution in [1.82, 2.24) is 20.4 Å². The van der Waals surface area contributed by atoms with E-state index in [1.165, 1.54) is 11.3 Å². The SMILES string of the molecule is CCCc1nnc(NC(=O)c2cc(-c3ccc(C)cc3O)n[nH]2)s1. The number of aromatic nitrogens is 4. The quantitative estimate of drug-likeness (QED) is 0.660. The second kappa shape index (κ2) is 6.79. The fraction of sp³-hybridized carbons (Fsp3) is 0.250. The predicted octanol–water partition coefficient (Wildman–Crippen LogP) is 3.15. The van der Waals surface area contributed by atoms with E-state index in [0.29, 0.717) is 16.4 Å². The largest absolute Gasteiger partial charge is 0.507 e. The van der Waals surface area contributed by atoms with Gasteiger partial charge in [0.2, 0.25) is 5.13 Å². The Bertz CT molecular complexity index is 871. The number of carbonyl (C=O) groups is 1. The average molecular weight is 343 g/mol. The molecule has 2 aromatic heterocycles. The number of aromatic amines is 1. The summed E-state index contributed by atoms with van der Waals surface area (Å²) in [7, 11) is 0. The van der Waals surface area contributed by atoms with Gasteiger partial charge in [-0.25, -0.2) is 0 Å². The van der Waals surface area contributed by atoms with Gasteiger partial charge in [0.15, 0.2) is 0 Å². The number of carbonyl (C=O) groups excluding carboxylic acids is 1. The van der Waals surface area contributed by atoms with Crippen LogP contribution >= 0.6 is 11.3 Å². The van der Waals surface area contributed by atoms with Gasteiger partial charge in [-0.3, -0.25) is 15.2 Å². The van der Waals surface area contributed by atoms with Gasteiger partial charge in [0.25, 0.3) is 5.91 Å². The summed E-state index contributed by atoms with van der Waals surface area (Å²) in [6.07, 6.45) is 1.82. The molecule has 3 N–H and O–H groups in total. The second-order valence-electron chi connectivity index (χ2n) is 5.39. The molecular weight excluding hydrogens is 326 g/mol. The Morgan fingerprint density at radius 1 is 1.33 bits per heavy atom. The number of aryl methyl sites for hydroxylation is 2. The van der Waals surface area contributed by atoms with Crippen LogP contribution in [0.3, 0.4) is 0 Å². The van der Waals surface area contributed by atoms with E-state index < -0.39 is 0 Å². The lowest BCUT2D eigenvalue weighted by Gasteiger charge is -2.01. The molecule has 0 fully saturated rings. The van der Waals surface area contributed by atoms with Gasteiger partial charge in [0, 0.05) is 12.0 Å². The second-order valence-corrected chi connectivity index (χ2v) is 6.45. The first kappa shape index (κ1) is 16.1. The Labute approximate surface area is 142 Å². The zero-order chi connectivity index (χ0) is 17.1.